The van der Waals surface area contributed by atoms with E-state index in [9.17, 15) is 4.79 Å². The van der Waals surface area contributed by atoms with E-state index in [0.29, 0.717) is 5.41 Å². The summed E-state index contributed by atoms with van der Waals surface area (Å²) in [6.45, 7) is 14.7. The van der Waals surface area contributed by atoms with E-state index in [1.54, 1.807) is 6.92 Å². The molecule has 0 aromatic heterocycles. The SMILES string of the molecule is C=CC(C)(S)C(C)=O.CCCC1CC(C)CC(C)(COC)C1. The number of ketones is 1. The van der Waals surface area contributed by atoms with Crippen LogP contribution in [0.1, 0.15) is 66.7 Å². The van der Waals surface area contributed by atoms with E-state index in [-0.39, 0.29) is 5.78 Å². The first kappa shape index (κ1) is 21.7. The lowest BCUT2D eigenvalue weighted by atomic mass is 9.66. The molecule has 1 fully saturated rings. The topological polar surface area (TPSA) is 26.3 Å². The van der Waals surface area contributed by atoms with Crippen LogP contribution in [0, 0.1) is 17.3 Å². The molecule has 3 heteroatoms. The van der Waals surface area contributed by atoms with Gasteiger partial charge in [-0.25, -0.2) is 0 Å². The summed E-state index contributed by atoms with van der Waals surface area (Å²) in [4.78, 5) is 10.5. The molecule has 0 saturated heterocycles. The fourth-order valence-electron chi connectivity index (χ4n) is 3.60. The maximum absolute atomic E-state index is 10.5. The number of Topliss-reactive ketones (excluding diaryl/α,β-unsaturated/α-hetero) is 1. The van der Waals surface area contributed by atoms with Crippen LogP contribution in [0.4, 0.5) is 0 Å². The van der Waals surface area contributed by atoms with E-state index in [4.69, 9.17) is 4.74 Å². The van der Waals surface area contributed by atoms with Crippen LogP contribution in [-0.2, 0) is 9.53 Å². The van der Waals surface area contributed by atoms with Crippen LogP contribution in [0.15, 0.2) is 12.7 Å². The predicted molar refractivity (Wildman–Crippen MR) is 99.7 cm³/mol. The largest absolute Gasteiger partial charge is 0.384 e. The van der Waals surface area contributed by atoms with Crippen LogP contribution in [-0.4, -0.2) is 24.2 Å². The van der Waals surface area contributed by atoms with Crippen molar-refractivity contribution in [2.75, 3.05) is 13.7 Å². The molecular weight excluding hydrogens is 292 g/mol. The van der Waals surface area contributed by atoms with Crippen LogP contribution in [0.5, 0.6) is 0 Å². The van der Waals surface area contributed by atoms with Crippen LogP contribution >= 0.6 is 12.6 Å². The van der Waals surface area contributed by atoms with Crippen LogP contribution in [0.2, 0.25) is 0 Å². The molecule has 4 unspecified atom stereocenters. The Kier molecular flexibility index (Phi) is 9.64. The van der Waals surface area contributed by atoms with E-state index in [1.807, 2.05) is 7.11 Å². The standard InChI is InChI=1S/C13H26O.C6H10OS/c1-5-6-12-7-11(2)8-13(3,9-12)10-14-4;1-4-6(3,8)5(2)7/h11-12H,5-10H2,1-4H3;4,8H,1H2,2-3H3. The van der Waals surface area contributed by atoms with Crippen LogP contribution in [0.25, 0.3) is 0 Å². The van der Waals surface area contributed by atoms with E-state index >= 15 is 0 Å². The molecule has 1 saturated carbocycles. The van der Waals surface area contributed by atoms with Gasteiger partial charge in [0.2, 0.25) is 0 Å². The number of rotatable bonds is 6. The van der Waals surface area contributed by atoms with Gasteiger partial charge in [0, 0.05) is 7.11 Å². The Balaban J connectivity index is 0.000000472. The third-order valence-electron chi connectivity index (χ3n) is 4.66. The molecule has 0 spiro atoms. The zero-order valence-corrected chi connectivity index (χ0v) is 16.3. The van der Waals surface area contributed by atoms with Gasteiger partial charge in [-0.05, 0) is 50.4 Å². The molecule has 1 rings (SSSR count). The molecule has 4 atom stereocenters. The Morgan fingerprint density at radius 2 is 2.09 bits per heavy atom. The minimum atomic E-state index is -0.639. The Morgan fingerprint density at radius 1 is 1.50 bits per heavy atom. The van der Waals surface area contributed by atoms with Crippen LogP contribution < -0.4 is 0 Å². The fourth-order valence-corrected chi connectivity index (χ4v) is 3.60. The number of methoxy groups -OCH3 is 1. The summed E-state index contributed by atoms with van der Waals surface area (Å²) in [7, 11) is 1.83. The monoisotopic (exact) mass is 328 g/mol. The zero-order chi connectivity index (χ0) is 17.4. The highest BCUT2D eigenvalue weighted by Gasteiger charge is 2.35. The van der Waals surface area contributed by atoms with Gasteiger partial charge in [0.05, 0.1) is 11.4 Å². The van der Waals surface area contributed by atoms with Crippen molar-refractivity contribution in [3.05, 3.63) is 12.7 Å². The summed E-state index contributed by atoms with van der Waals surface area (Å²) in [5.74, 6) is 1.86. The molecular formula is C19H36O2S. The van der Waals surface area contributed by atoms with Gasteiger partial charge >= 0.3 is 0 Å². The van der Waals surface area contributed by atoms with Crippen molar-refractivity contribution in [2.24, 2.45) is 17.3 Å². The number of hydrogen-bond acceptors (Lipinski definition) is 3. The molecule has 0 heterocycles. The van der Waals surface area contributed by atoms with Crippen molar-refractivity contribution < 1.29 is 9.53 Å². The van der Waals surface area contributed by atoms with Gasteiger partial charge in [-0.1, -0.05) is 39.7 Å². The van der Waals surface area contributed by atoms with Crippen LogP contribution in [0.3, 0.4) is 0 Å². The summed E-state index contributed by atoms with van der Waals surface area (Å²) in [6.07, 6.45) is 8.43. The third-order valence-corrected chi connectivity index (χ3v) is 5.16. The minimum Gasteiger partial charge on any atom is -0.384 e. The lowest BCUT2D eigenvalue weighted by Gasteiger charge is -2.41. The van der Waals surface area contributed by atoms with Gasteiger partial charge in [-0.15, -0.1) is 6.58 Å². The van der Waals surface area contributed by atoms with Crippen molar-refractivity contribution in [2.45, 2.75) is 71.5 Å². The summed E-state index contributed by atoms with van der Waals surface area (Å²) in [5, 5.41) is 0. The van der Waals surface area contributed by atoms with Gasteiger partial charge in [0.15, 0.2) is 0 Å². The molecule has 0 aromatic carbocycles. The van der Waals surface area contributed by atoms with Crippen molar-refractivity contribution in [1.82, 2.24) is 0 Å². The number of carbonyl (C=O) groups is 1. The Morgan fingerprint density at radius 3 is 2.45 bits per heavy atom. The molecule has 0 bridgehead atoms. The molecule has 0 radical (unpaired) electrons. The predicted octanol–water partition coefficient (Wildman–Crippen LogP) is 5.33. The molecule has 130 valence electrons. The summed E-state index contributed by atoms with van der Waals surface area (Å²) < 4.78 is 4.72. The number of thiol groups is 1. The minimum absolute atomic E-state index is 0.0239. The maximum atomic E-state index is 10.5. The second-order valence-electron chi connectivity index (χ2n) is 7.56. The number of hydrogen-bond donors (Lipinski definition) is 1. The molecule has 22 heavy (non-hydrogen) atoms. The van der Waals surface area contributed by atoms with Gasteiger partial charge in [-0.3, -0.25) is 4.79 Å². The first-order valence-electron chi connectivity index (χ1n) is 8.46. The van der Waals surface area contributed by atoms with E-state index < -0.39 is 4.75 Å². The molecule has 1 aliphatic carbocycles. The highest BCUT2D eigenvalue weighted by Crippen LogP contribution is 2.43. The molecule has 1 aliphatic rings. The first-order chi connectivity index (χ1) is 10.1. The summed E-state index contributed by atoms with van der Waals surface area (Å²) in [6, 6.07) is 0. The van der Waals surface area contributed by atoms with Gasteiger partial charge in [0.25, 0.3) is 0 Å². The van der Waals surface area contributed by atoms with Gasteiger partial charge in [0.1, 0.15) is 5.78 Å². The smallest absolute Gasteiger partial charge is 0.149 e. The maximum Gasteiger partial charge on any atom is 0.149 e. The molecule has 0 amide bonds. The molecule has 0 aliphatic heterocycles. The average molecular weight is 329 g/mol. The van der Waals surface area contributed by atoms with Crippen molar-refractivity contribution in [1.29, 1.82) is 0 Å². The average Bonchev–Trinajstić information content (AvgIpc) is 2.38. The Labute approximate surface area is 143 Å². The third kappa shape index (κ3) is 7.82. The lowest BCUT2D eigenvalue weighted by molar-refractivity contribution is -0.117. The van der Waals surface area contributed by atoms with E-state index in [1.165, 1.54) is 45.1 Å². The first-order valence-corrected chi connectivity index (χ1v) is 8.91. The van der Waals surface area contributed by atoms with E-state index in [2.05, 4.69) is 40.0 Å². The Bertz CT molecular complexity index is 351. The zero-order valence-electron chi connectivity index (χ0n) is 15.4. The number of ether oxygens (including phenoxy) is 1. The second kappa shape index (κ2) is 9.77. The second-order valence-corrected chi connectivity index (χ2v) is 8.48. The summed E-state index contributed by atoms with van der Waals surface area (Å²) >= 11 is 4.01. The number of carbonyl (C=O) groups excluding carboxylic acids is 1. The van der Waals surface area contributed by atoms with Crippen molar-refractivity contribution >= 4 is 18.4 Å². The van der Waals surface area contributed by atoms with Gasteiger partial charge in [-0.2, -0.15) is 12.6 Å². The highest BCUT2D eigenvalue weighted by atomic mass is 32.1. The normalized spacial score (nSPS) is 30.7. The van der Waals surface area contributed by atoms with Crippen molar-refractivity contribution in [3.8, 4) is 0 Å². The highest BCUT2D eigenvalue weighted by molar-refractivity contribution is 7.83. The molecule has 0 N–H and O–H groups in total. The lowest BCUT2D eigenvalue weighted by Crippen LogP contribution is -2.33. The van der Waals surface area contributed by atoms with E-state index in [0.717, 1.165) is 18.4 Å². The van der Waals surface area contributed by atoms with Crippen molar-refractivity contribution in [3.63, 3.8) is 0 Å². The fraction of sp³-hybridized carbons (Fsp3) is 0.842. The quantitative estimate of drug-likeness (QED) is 0.527. The molecule has 2 nitrogen and oxygen atoms in total. The summed E-state index contributed by atoms with van der Waals surface area (Å²) in [5.41, 5.74) is 0.451. The van der Waals surface area contributed by atoms with Gasteiger partial charge < -0.3 is 4.74 Å². The Hall–Kier alpha value is -0.280. The molecule has 0 aromatic rings.